The zero-order chi connectivity index (χ0) is 22.1. The Morgan fingerprint density at radius 2 is 2.06 bits per heavy atom. The summed E-state index contributed by atoms with van der Waals surface area (Å²) in [4.78, 5) is 29.8. The van der Waals surface area contributed by atoms with Crippen molar-refractivity contribution in [3.05, 3.63) is 86.0 Å². The Labute approximate surface area is 192 Å². The minimum atomic E-state index is -0.612. The highest BCUT2D eigenvalue weighted by molar-refractivity contribution is 9.10. The lowest BCUT2D eigenvalue weighted by Crippen LogP contribution is -2.48. The standard InChI is InChI=1S/C22H17BrClN5O2/c23-15-7-2-1-5-12(15)18-14(11-25)21(26)29(16-8-3-9-17(30)19(16)18)28-22(31)13-6-4-10-27-20(13)24/h1-2,4-7,10,18H,3,8-9,26H2,(H,28,31). The first-order chi connectivity index (χ1) is 14.9. The molecule has 2 heterocycles. The molecule has 0 bridgehead atoms. The average molecular weight is 499 g/mol. The van der Waals surface area contributed by atoms with Crippen LogP contribution in [0.3, 0.4) is 0 Å². The average Bonchev–Trinajstić information content (AvgIpc) is 2.76. The Kier molecular flexibility index (Phi) is 5.81. The van der Waals surface area contributed by atoms with Crippen LogP contribution in [-0.2, 0) is 4.79 Å². The number of hydrogen-bond donors (Lipinski definition) is 2. The van der Waals surface area contributed by atoms with Crippen LogP contribution >= 0.6 is 27.5 Å². The predicted octanol–water partition coefficient (Wildman–Crippen LogP) is 3.94. The first-order valence-electron chi connectivity index (χ1n) is 9.56. The molecule has 2 aliphatic rings. The zero-order valence-corrected chi connectivity index (χ0v) is 18.6. The predicted molar refractivity (Wildman–Crippen MR) is 118 cm³/mol. The second kappa shape index (κ2) is 8.53. The minimum Gasteiger partial charge on any atom is -0.383 e. The molecule has 31 heavy (non-hydrogen) atoms. The van der Waals surface area contributed by atoms with Crippen molar-refractivity contribution in [2.45, 2.75) is 25.2 Å². The largest absolute Gasteiger partial charge is 0.383 e. The Morgan fingerprint density at radius 1 is 1.29 bits per heavy atom. The topological polar surface area (TPSA) is 112 Å². The van der Waals surface area contributed by atoms with Gasteiger partial charge in [-0.2, -0.15) is 5.26 Å². The van der Waals surface area contributed by atoms with Crippen LogP contribution in [0.5, 0.6) is 0 Å². The molecule has 0 saturated heterocycles. The van der Waals surface area contributed by atoms with E-state index in [-0.39, 0.29) is 27.9 Å². The van der Waals surface area contributed by atoms with Crippen LogP contribution in [0.2, 0.25) is 5.15 Å². The number of benzene rings is 1. The number of amides is 1. The zero-order valence-electron chi connectivity index (χ0n) is 16.2. The monoisotopic (exact) mass is 497 g/mol. The number of carbonyl (C=O) groups excluding carboxylic acids is 2. The number of pyridine rings is 1. The lowest BCUT2D eigenvalue weighted by atomic mass is 9.76. The van der Waals surface area contributed by atoms with Gasteiger partial charge in [-0.15, -0.1) is 0 Å². The highest BCUT2D eigenvalue weighted by Crippen LogP contribution is 2.45. The van der Waals surface area contributed by atoms with Gasteiger partial charge in [0.05, 0.1) is 23.1 Å². The van der Waals surface area contributed by atoms with E-state index in [4.69, 9.17) is 17.3 Å². The van der Waals surface area contributed by atoms with Crippen molar-refractivity contribution >= 4 is 39.2 Å². The first kappa shape index (κ1) is 21.1. The summed E-state index contributed by atoms with van der Waals surface area (Å²) in [6, 6.07) is 12.7. The number of nitrogens with zero attached hydrogens (tertiary/aromatic N) is 3. The van der Waals surface area contributed by atoms with E-state index in [1.165, 1.54) is 17.3 Å². The number of ketones is 1. The molecule has 156 valence electrons. The van der Waals surface area contributed by atoms with E-state index in [0.717, 1.165) is 10.0 Å². The fourth-order valence-electron chi connectivity index (χ4n) is 3.95. The number of nitrogens with one attached hydrogen (secondary N) is 1. The van der Waals surface area contributed by atoms with Gasteiger partial charge in [-0.3, -0.25) is 15.0 Å². The molecule has 1 aromatic carbocycles. The summed E-state index contributed by atoms with van der Waals surface area (Å²) >= 11 is 9.58. The van der Waals surface area contributed by atoms with E-state index >= 15 is 0 Å². The number of aromatic nitrogens is 1. The molecule has 4 rings (SSSR count). The molecule has 2 aromatic rings. The number of nitriles is 1. The lowest BCUT2D eigenvalue weighted by molar-refractivity contribution is -0.116. The van der Waals surface area contributed by atoms with Gasteiger partial charge in [0.2, 0.25) is 0 Å². The highest BCUT2D eigenvalue weighted by atomic mass is 79.9. The molecule has 1 atom stereocenters. The molecule has 1 unspecified atom stereocenters. The number of allylic oxidation sites excluding steroid dienone is 3. The highest BCUT2D eigenvalue weighted by Gasteiger charge is 2.41. The molecule has 1 aliphatic carbocycles. The second-order valence-corrected chi connectivity index (χ2v) is 8.33. The molecule has 0 saturated carbocycles. The first-order valence-corrected chi connectivity index (χ1v) is 10.7. The maximum atomic E-state index is 13.0. The summed E-state index contributed by atoms with van der Waals surface area (Å²) < 4.78 is 0.769. The quantitative estimate of drug-likeness (QED) is 0.620. The third-order valence-corrected chi connectivity index (χ3v) is 6.37. The lowest BCUT2D eigenvalue weighted by Gasteiger charge is -2.39. The van der Waals surface area contributed by atoms with Gasteiger partial charge < -0.3 is 5.73 Å². The van der Waals surface area contributed by atoms with Crippen LogP contribution in [0.15, 0.2) is 69.7 Å². The maximum Gasteiger partial charge on any atom is 0.273 e. The van der Waals surface area contributed by atoms with Crippen molar-refractivity contribution in [3.63, 3.8) is 0 Å². The van der Waals surface area contributed by atoms with Crippen molar-refractivity contribution in [2.24, 2.45) is 5.73 Å². The summed E-state index contributed by atoms with van der Waals surface area (Å²) in [6.45, 7) is 0. The van der Waals surface area contributed by atoms with E-state index in [2.05, 4.69) is 32.4 Å². The number of halogens is 2. The van der Waals surface area contributed by atoms with Crippen molar-refractivity contribution < 1.29 is 9.59 Å². The van der Waals surface area contributed by atoms with Crippen LogP contribution < -0.4 is 11.2 Å². The normalized spacial score (nSPS) is 18.5. The van der Waals surface area contributed by atoms with Crippen molar-refractivity contribution in [1.29, 1.82) is 5.26 Å². The third-order valence-electron chi connectivity index (χ3n) is 5.35. The minimum absolute atomic E-state index is 0.0417. The van der Waals surface area contributed by atoms with E-state index in [1.807, 2.05) is 24.3 Å². The molecule has 9 heteroatoms. The molecule has 0 spiro atoms. The number of carbonyl (C=O) groups is 2. The van der Waals surface area contributed by atoms with Crippen molar-refractivity contribution in [3.8, 4) is 6.07 Å². The number of hydrazine groups is 1. The van der Waals surface area contributed by atoms with Crippen LogP contribution in [0.4, 0.5) is 0 Å². The summed E-state index contributed by atoms with van der Waals surface area (Å²) in [5.41, 5.74) is 11.3. The molecule has 1 aromatic heterocycles. The Bertz CT molecular complexity index is 1200. The molecular weight excluding hydrogens is 482 g/mol. The molecule has 1 aliphatic heterocycles. The van der Waals surface area contributed by atoms with Gasteiger partial charge in [0.1, 0.15) is 11.0 Å². The van der Waals surface area contributed by atoms with E-state index in [0.29, 0.717) is 30.5 Å². The molecule has 1 amide bonds. The molecule has 0 radical (unpaired) electrons. The summed E-state index contributed by atoms with van der Waals surface area (Å²) in [6.07, 6.45) is 3.00. The van der Waals surface area contributed by atoms with Gasteiger partial charge in [0, 0.05) is 28.4 Å². The van der Waals surface area contributed by atoms with Crippen LogP contribution in [-0.4, -0.2) is 21.7 Å². The van der Waals surface area contributed by atoms with Gasteiger partial charge >= 0.3 is 0 Å². The Balaban J connectivity index is 1.84. The smallest absolute Gasteiger partial charge is 0.273 e. The van der Waals surface area contributed by atoms with Crippen LogP contribution in [0.1, 0.15) is 41.1 Å². The van der Waals surface area contributed by atoms with Crippen molar-refractivity contribution in [1.82, 2.24) is 15.4 Å². The molecule has 3 N–H and O–H groups in total. The molecular formula is C22H17BrClN5O2. The third kappa shape index (κ3) is 3.71. The van der Waals surface area contributed by atoms with Crippen molar-refractivity contribution in [2.75, 3.05) is 0 Å². The fraction of sp³-hybridized carbons (Fsp3) is 0.182. The van der Waals surface area contributed by atoms with Gasteiger partial charge in [0.15, 0.2) is 5.78 Å². The molecule has 7 nitrogen and oxygen atoms in total. The number of rotatable bonds is 3. The maximum absolute atomic E-state index is 13.0. The van der Waals surface area contributed by atoms with E-state index in [1.54, 1.807) is 6.07 Å². The van der Waals surface area contributed by atoms with Gasteiger partial charge in [0.25, 0.3) is 5.91 Å². The Morgan fingerprint density at radius 3 is 2.77 bits per heavy atom. The fourth-order valence-corrected chi connectivity index (χ4v) is 4.67. The summed E-state index contributed by atoms with van der Waals surface area (Å²) in [5.74, 6) is -1.15. The summed E-state index contributed by atoms with van der Waals surface area (Å²) in [5, 5.41) is 11.4. The van der Waals surface area contributed by atoms with Crippen LogP contribution in [0.25, 0.3) is 0 Å². The Hall–Kier alpha value is -3.15. The van der Waals surface area contributed by atoms with Crippen LogP contribution in [0, 0.1) is 11.3 Å². The van der Waals surface area contributed by atoms with Gasteiger partial charge in [-0.25, -0.2) is 9.99 Å². The number of hydrogen-bond acceptors (Lipinski definition) is 6. The number of Topliss-reactive ketones (excluding diaryl/α,β-unsaturated/α-hetero) is 1. The van der Waals surface area contributed by atoms with Gasteiger partial charge in [-0.1, -0.05) is 45.7 Å². The van der Waals surface area contributed by atoms with Gasteiger partial charge in [-0.05, 0) is 36.6 Å². The summed E-state index contributed by atoms with van der Waals surface area (Å²) in [7, 11) is 0. The van der Waals surface area contributed by atoms with E-state index in [9.17, 15) is 14.9 Å². The SMILES string of the molecule is N#CC1=C(N)N(NC(=O)c2cccnc2Cl)C2=C(C(=O)CCC2)C1c1ccccc1Br. The number of nitrogens with two attached hydrogens (primary N) is 1. The molecule has 0 fully saturated rings. The van der Waals surface area contributed by atoms with E-state index < -0.39 is 11.8 Å². The second-order valence-electron chi connectivity index (χ2n) is 7.12.